The highest BCUT2D eigenvalue weighted by atomic mass is 16.6. The second kappa shape index (κ2) is 35.9. The Labute approximate surface area is 372 Å². The van der Waals surface area contributed by atoms with Gasteiger partial charge < -0.3 is 115 Å². The fourth-order valence-electron chi connectivity index (χ4n) is 5.25. The van der Waals surface area contributed by atoms with Gasteiger partial charge in [0.05, 0.1) is 96.6 Å². The van der Waals surface area contributed by atoms with Gasteiger partial charge in [0.1, 0.15) is 54.9 Å². The molecule has 64 heavy (non-hydrogen) atoms. The molecule has 26 nitrogen and oxygen atoms in total. The molecule has 26 heteroatoms. The summed E-state index contributed by atoms with van der Waals surface area (Å²) < 4.78 is 36.1. The molecule has 0 aromatic carbocycles. The van der Waals surface area contributed by atoms with Gasteiger partial charge in [-0.25, -0.2) is 9.59 Å². The van der Waals surface area contributed by atoms with E-state index in [0.29, 0.717) is 0 Å². The molecule has 0 radical (unpaired) electrons. The van der Waals surface area contributed by atoms with E-state index < -0.39 is 124 Å². The average Bonchev–Trinajstić information content (AvgIpc) is 3.20. The maximum atomic E-state index is 11.7. The maximum Gasteiger partial charge on any atom is 0.407 e. The van der Waals surface area contributed by atoms with Gasteiger partial charge in [0.2, 0.25) is 0 Å². The molecular formula is C38H77N3O23. The number of hydrogen-bond acceptors (Lipinski definition) is 24. The lowest BCUT2D eigenvalue weighted by Crippen LogP contribution is -2.51. The van der Waals surface area contributed by atoms with E-state index in [1.54, 1.807) is 20.8 Å². The van der Waals surface area contributed by atoms with Crippen molar-refractivity contribution in [3.05, 3.63) is 0 Å². The predicted octanol–water partition coefficient (Wildman–Crippen LogP) is -7.28. The quantitative estimate of drug-likeness (QED) is 0.0255. The van der Waals surface area contributed by atoms with E-state index >= 15 is 0 Å². The average molecular weight is 944 g/mol. The second-order valence-corrected chi connectivity index (χ2v) is 16.1. The van der Waals surface area contributed by atoms with Crippen LogP contribution < -0.4 is 10.6 Å². The minimum Gasteiger partial charge on any atom is -0.447 e. The Kier molecular flexibility index (Phi) is 34.6. The van der Waals surface area contributed by atoms with Crippen molar-refractivity contribution in [1.82, 2.24) is 15.5 Å². The summed E-state index contributed by atoms with van der Waals surface area (Å²) in [4.78, 5) is 24.5. The summed E-state index contributed by atoms with van der Waals surface area (Å²) in [7, 11) is 0. The Balaban J connectivity index is 4.27. The van der Waals surface area contributed by atoms with Crippen molar-refractivity contribution < 1.29 is 114 Å². The zero-order chi connectivity index (χ0) is 48.7. The molecule has 0 rings (SSSR count). The van der Waals surface area contributed by atoms with Crippen LogP contribution in [-0.2, 0) is 33.2 Å². The van der Waals surface area contributed by atoms with Crippen LogP contribution in [0.15, 0.2) is 0 Å². The first-order chi connectivity index (χ1) is 30.1. The minimum absolute atomic E-state index is 0.0548. The number of ether oxygens (including phenoxy) is 7. The summed E-state index contributed by atoms with van der Waals surface area (Å²) in [5.74, 6) is 0. The highest BCUT2D eigenvalue weighted by Crippen LogP contribution is 2.11. The van der Waals surface area contributed by atoms with E-state index in [-0.39, 0.29) is 98.5 Å². The summed E-state index contributed by atoms with van der Waals surface area (Å²) in [5, 5.41) is 145. The number of amides is 2. The molecule has 0 fully saturated rings. The number of carbonyl (C=O) groups excluding carboxylic acids is 2. The highest BCUT2D eigenvalue weighted by molar-refractivity contribution is 5.68. The van der Waals surface area contributed by atoms with E-state index in [1.165, 1.54) is 4.90 Å². The number of nitrogens with one attached hydrogen (secondary N) is 2. The number of aliphatic hydroxyl groups is 14. The lowest BCUT2D eigenvalue weighted by molar-refractivity contribution is -0.0996. The van der Waals surface area contributed by atoms with Crippen LogP contribution in [0.5, 0.6) is 0 Å². The van der Waals surface area contributed by atoms with E-state index in [1.807, 2.05) is 0 Å². The molecule has 0 bridgehead atoms. The van der Waals surface area contributed by atoms with Gasteiger partial charge in [-0.05, 0) is 33.6 Å². The summed E-state index contributed by atoms with van der Waals surface area (Å²) in [6.07, 6.45) is -18.7. The Morgan fingerprint density at radius 3 is 1.09 bits per heavy atom. The monoisotopic (exact) mass is 943 g/mol. The van der Waals surface area contributed by atoms with Crippen molar-refractivity contribution in [2.24, 2.45) is 0 Å². The zero-order valence-corrected chi connectivity index (χ0v) is 37.0. The largest absolute Gasteiger partial charge is 0.447 e. The van der Waals surface area contributed by atoms with Crippen LogP contribution in [0.2, 0.25) is 0 Å². The van der Waals surface area contributed by atoms with Gasteiger partial charge in [-0.1, -0.05) is 0 Å². The molecule has 0 aliphatic heterocycles. The Morgan fingerprint density at radius 1 is 0.453 bits per heavy atom. The van der Waals surface area contributed by atoms with Crippen LogP contribution in [-0.4, -0.2) is 286 Å². The van der Waals surface area contributed by atoms with Crippen LogP contribution in [0.25, 0.3) is 0 Å². The van der Waals surface area contributed by atoms with Gasteiger partial charge >= 0.3 is 12.2 Å². The molecule has 12 atom stereocenters. The molecule has 0 aliphatic carbocycles. The normalized spacial score (nSPS) is 17.9. The lowest BCUT2D eigenvalue weighted by atomic mass is 10.0. The van der Waals surface area contributed by atoms with E-state index in [0.717, 1.165) is 0 Å². The van der Waals surface area contributed by atoms with Gasteiger partial charge in [-0.3, -0.25) is 4.90 Å². The van der Waals surface area contributed by atoms with Crippen molar-refractivity contribution in [1.29, 1.82) is 0 Å². The van der Waals surface area contributed by atoms with Gasteiger partial charge in [0, 0.05) is 45.9 Å². The molecule has 382 valence electrons. The molecule has 0 aromatic heterocycles. The van der Waals surface area contributed by atoms with Gasteiger partial charge in [0.25, 0.3) is 0 Å². The minimum atomic E-state index is -1.71. The molecule has 16 N–H and O–H groups in total. The number of alkyl carbamates (subject to hydrolysis) is 2. The van der Waals surface area contributed by atoms with Crippen molar-refractivity contribution in [3.8, 4) is 0 Å². The molecular weight excluding hydrogens is 866 g/mol. The van der Waals surface area contributed by atoms with Crippen molar-refractivity contribution in [2.75, 3.05) is 119 Å². The topological polar surface area (TPSA) is 409 Å². The number of hydrogen-bond donors (Lipinski definition) is 16. The standard InChI is InChI=1S/C38H77N3O23/c1-38(2,3)64-37(57)40-7-6-39-36(56)63-23-29(49)22-62-21-28(48)20-61-19-27(47)18-60-17-26(46)16-59-15-25(45)14-58-13-24(44)10-41(11-32(52)34(54)30(50)4-8-42)12-33(53)35(55)31(51)5-9-43/h24-35,42-55H,4-23H2,1-3H3,(H,39,56)(H,40,57). The maximum absolute atomic E-state index is 11.7. The SMILES string of the molecule is CC(C)(C)OC(=O)NCCNC(=O)OCC(O)COCC(O)COCC(O)COCC(O)COCC(O)COCC(O)CN(CC(O)C(O)C(O)CCO)CC(O)C(O)C(O)CCO. The van der Waals surface area contributed by atoms with E-state index in [4.69, 9.17) is 43.4 Å². The molecule has 0 aromatic rings. The van der Waals surface area contributed by atoms with Gasteiger partial charge in [-0.15, -0.1) is 0 Å². The van der Waals surface area contributed by atoms with Crippen LogP contribution in [0, 0.1) is 0 Å². The van der Waals surface area contributed by atoms with Crippen LogP contribution in [0.4, 0.5) is 9.59 Å². The smallest absolute Gasteiger partial charge is 0.407 e. The molecule has 2 amide bonds. The summed E-state index contributed by atoms with van der Waals surface area (Å²) >= 11 is 0. The molecule has 0 saturated carbocycles. The van der Waals surface area contributed by atoms with E-state index in [9.17, 15) is 70.9 Å². The van der Waals surface area contributed by atoms with Crippen LogP contribution in [0.3, 0.4) is 0 Å². The number of aliphatic hydroxyl groups excluding tert-OH is 14. The van der Waals surface area contributed by atoms with Crippen molar-refractivity contribution in [3.63, 3.8) is 0 Å². The predicted molar refractivity (Wildman–Crippen MR) is 220 cm³/mol. The first-order valence-electron chi connectivity index (χ1n) is 20.9. The van der Waals surface area contributed by atoms with Gasteiger partial charge in [-0.2, -0.15) is 0 Å². The van der Waals surface area contributed by atoms with Crippen LogP contribution >= 0.6 is 0 Å². The molecule has 0 spiro atoms. The fourth-order valence-corrected chi connectivity index (χ4v) is 5.25. The van der Waals surface area contributed by atoms with Crippen molar-refractivity contribution >= 4 is 12.2 Å². The number of carbonyl (C=O) groups is 2. The fraction of sp³-hybridized carbons (Fsp3) is 0.947. The lowest BCUT2D eigenvalue weighted by Gasteiger charge is -2.33. The molecule has 0 heterocycles. The summed E-state index contributed by atoms with van der Waals surface area (Å²) in [6, 6.07) is 0. The molecule has 12 unspecified atom stereocenters. The number of nitrogens with zero attached hydrogens (tertiary/aromatic N) is 1. The summed E-state index contributed by atoms with van der Waals surface area (Å²) in [6.45, 7) is 0.0504. The molecule has 0 saturated heterocycles. The van der Waals surface area contributed by atoms with E-state index in [2.05, 4.69) is 10.6 Å². The third-order valence-corrected chi connectivity index (χ3v) is 8.36. The third-order valence-electron chi connectivity index (χ3n) is 8.36. The van der Waals surface area contributed by atoms with Crippen molar-refractivity contribution in [2.45, 2.75) is 112 Å². The second-order valence-electron chi connectivity index (χ2n) is 16.1. The Morgan fingerprint density at radius 2 is 0.766 bits per heavy atom. The Hall–Kier alpha value is -2.26. The van der Waals surface area contributed by atoms with Crippen LogP contribution in [0.1, 0.15) is 33.6 Å². The first kappa shape index (κ1) is 61.7. The van der Waals surface area contributed by atoms with Gasteiger partial charge in [0.15, 0.2) is 0 Å². The number of rotatable bonds is 39. The zero-order valence-electron chi connectivity index (χ0n) is 37.0. The first-order valence-corrected chi connectivity index (χ1v) is 20.9. The highest BCUT2D eigenvalue weighted by Gasteiger charge is 2.31. The Bertz CT molecular complexity index is 1140. The molecule has 0 aliphatic rings. The summed E-state index contributed by atoms with van der Waals surface area (Å²) in [5.41, 5.74) is -0.662. The third kappa shape index (κ3) is 33.2.